The van der Waals surface area contributed by atoms with Gasteiger partial charge in [-0.15, -0.1) is 0 Å². The van der Waals surface area contributed by atoms with Gasteiger partial charge in [-0.05, 0) is 70.6 Å². The highest BCUT2D eigenvalue weighted by Crippen LogP contribution is 2.47. The molecule has 0 aliphatic heterocycles. The van der Waals surface area contributed by atoms with Crippen LogP contribution in [0.1, 0.15) is 174 Å². The molecule has 6 atom stereocenters. The second-order valence-corrected chi connectivity index (χ2v) is 17.3. The van der Waals surface area contributed by atoms with Crippen LogP contribution in [0.15, 0.2) is 48.6 Å². The van der Waals surface area contributed by atoms with E-state index in [2.05, 4.69) is 62.5 Å². The Hall–Kier alpha value is -1.70. The van der Waals surface area contributed by atoms with Crippen LogP contribution in [0, 0.1) is 0 Å². The van der Waals surface area contributed by atoms with E-state index in [-0.39, 0.29) is 13.0 Å². The molecule has 1 saturated carbocycles. The lowest BCUT2D eigenvalue weighted by Gasteiger charge is -2.41. The Morgan fingerprint density at radius 3 is 1.49 bits per heavy atom. The summed E-state index contributed by atoms with van der Waals surface area (Å²) in [6, 6.07) is 0. The summed E-state index contributed by atoms with van der Waals surface area (Å²) in [5.41, 5.74) is 0. The molecule has 1 aliphatic rings. The van der Waals surface area contributed by atoms with Crippen LogP contribution in [0.2, 0.25) is 0 Å². The molecule has 0 aromatic rings. The minimum absolute atomic E-state index is 0.0876. The van der Waals surface area contributed by atoms with Crippen molar-refractivity contribution in [3.05, 3.63) is 48.6 Å². The first-order valence-corrected chi connectivity index (χ1v) is 24.5. The fourth-order valence-corrected chi connectivity index (χ4v) is 7.69. The van der Waals surface area contributed by atoms with Crippen molar-refractivity contribution in [2.24, 2.45) is 0 Å². The zero-order chi connectivity index (χ0) is 43.4. The third-order valence-electron chi connectivity index (χ3n) is 10.4. The largest absolute Gasteiger partial charge is 0.472 e. The molecule has 0 amide bonds. The number of hydrogen-bond acceptors (Lipinski definition) is 11. The van der Waals surface area contributed by atoms with E-state index in [4.69, 9.17) is 18.5 Å². The highest BCUT2D eigenvalue weighted by atomic mass is 31.2. The molecular formula is C46H83O12P. The second-order valence-electron chi connectivity index (χ2n) is 15.9. The highest BCUT2D eigenvalue weighted by molar-refractivity contribution is 7.47. The number of rotatable bonds is 38. The average molecular weight is 859 g/mol. The lowest BCUT2D eigenvalue weighted by atomic mass is 9.85. The first-order chi connectivity index (χ1) is 28.5. The van der Waals surface area contributed by atoms with Gasteiger partial charge in [0, 0.05) is 13.0 Å². The van der Waals surface area contributed by atoms with Gasteiger partial charge < -0.3 is 39.9 Å². The molecule has 6 unspecified atom stereocenters. The molecule has 59 heavy (non-hydrogen) atoms. The Labute approximate surface area is 356 Å². The molecule has 344 valence electrons. The predicted molar refractivity (Wildman–Crippen MR) is 235 cm³/mol. The summed E-state index contributed by atoms with van der Waals surface area (Å²) in [5.74, 6) is -0.495. The Morgan fingerprint density at radius 1 is 0.542 bits per heavy atom. The van der Waals surface area contributed by atoms with E-state index in [0.29, 0.717) is 13.0 Å². The summed E-state index contributed by atoms with van der Waals surface area (Å²) in [6.07, 6.45) is 31.8. The van der Waals surface area contributed by atoms with E-state index in [1.54, 1.807) is 0 Å². The van der Waals surface area contributed by atoms with Crippen LogP contribution in [0.25, 0.3) is 0 Å². The lowest BCUT2D eigenvalue weighted by molar-refractivity contribution is -0.220. The number of phosphoric ester groups is 1. The van der Waals surface area contributed by atoms with Gasteiger partial charge in [-0.1, -0.05) is 146 Å². The molecule has 1 fully saturated rings. The average Bonchev–Trinajstić information content (AvgIpc) is 3.22. The standard InChI is InChI=1S/C46H83O12P/c1-3-5-7-9-11-13-15-17-18-19-20-21-22-24-26-28-30-32-34-36-55-37-39(38-56-59(53,54)58-46-44(51)42(49)41(48)43(50)45(46)52)57-40(47)35-33-31-29-27-25-23-16-14-12-10-8-6-4-2/h8,10,13-16,18-19,39,41-46,48-52H,3-7,9,11-12,17,20-38H2,1-2H3,(H,53,54)/b10-8-,15-13-,16-14-,19-18-. The van der Waals surface area contributed by atoms with E-state index in [1.807, 2.05) is 0 Å². The lowest BCUT2D eigenvalue weighted by Crippen LogP contribution is -2.64. The number of carbonyl (C=O) groups is 1. The van der Waals surface area contributed by atoms with Gasteiger partial charge in [0.25, 0.3) is 0 Å². The van der Waals surface area contributed by atoms with Crippen LogP contribution < -0.4 is 0 Å². The van der Waals surface area contributed by atoms with Crippen molar-refractivity contribution in [2.45, 2.75) is 217 Å². The number of aliphatic hydroxyl groups excluding tert-OH is 5. The van der Waals surface area contributed by atoms with Gasteiger partial charge in [0.2, 0.25) is 0 Å². The Morgan fingerprint density at radius 2 is 0.983 bits per heavy atom. The third-order valence-corrected chi connectivity index (χ3v) is 11.4. The van der Waals surface area contributed by atoms with Crippen LogP contribution in [0.4, 0.5) is 0 Å². The first-order valence-electron chi connectivity index (χ1n) is 23.0. The van der Waals surface area contributed by atoms with E-state index in [9.17, 15) is 39.8 Å². The van der Waals surface area contributed by atoms with Crippen LogP contribution in [-0.2, 0) is 27.9 Å². The zero-order valence-corrected chi connectivity index (χ0v) is 37.4. The van der Waals surface area contributed by atoms with Crippen molar-refractivity contribution in [3.8, 4) is 0 Å². The maximum absolute atomic E-state index is 12.8. The zero-order valence-electron chi connectivity index (χ0n) is 36.5. The summed E-state index contributed by atoms with van der Waals surface area (Å²) < 4.78 is 34.1. The molecule has 1 rings (SSSR count). The molecule has 0 aromatic carbocycles. The monoisotopic (exact) mass is 859 g/mol. The summed E-state index contributed by atoms with van der Waals surface area (Å²) in [6.45, 7) is 4.14. The molecule has 6 N–H and O–H groups in total. The summed E-state index contributed by atoms with van der Waals surface area (Å²) in [4.78, 5) is 23.1. The smallest absolute Gasteiger partial charge is 0.457 e. The molecule has 13 heteroatoms. The van der Waals surface area contributed by atoms with E-state index in [1.165, 1.54) is 57.8 Å². The summed E-state index contributed by atoms with van der Waals surface area (Å²) in [7, 11) is -5.02. The van der Waals surface area contributed by atoms with Crippen molar-refractivity contribution in [2.75, 3.05) is 19.8 Å². The fourth-order valence-electron chi connectivity index (χ4n) is 6.72. The first kappa shape index (κ1) is 55.3. The van der Waals surface area contributed by atoms with E-state index in [0.717, 1.165) is 89.9 Å². The number of carbonyl (C=O) groups excluding carboxylic acids is 1. The van der Waals surface area contributed by atoms with Crippen LogP contribution >= 0.6 is 7.82 Å². The fraction of sp³-hybridized carbons (Fsp3) is 0.804. The van der Waals surface area contributed by atoms with Gasteiger partial charge in [0.1, 0.15) is 42.7 Å². The third kappa shape index (κ3) is 29.3. The second kappa shape index (κ2) is 36.9. The predicted octanol–water partition coefficient (Wildman–Crippen LogP) is 9.25. The molecule has 0 radical (unpaired) electrons. The van der Waals surface area contributed by atoms with Crippen molar-refractivity contribution in [1.82, 2.24) is 0 Å². The number of unbranched alkanes of at least 4 members (excludes halogenated alkanes) is 18. The van der Waals surface area contributed by atoms with Gasteiger partial charge >= 0.3 is 13.8 Å². The van der Waals surface area contributed by atoms with Gasteiger partial charge in [-0.2, -0.15) is 0 Å². The molecule has 12 nitrogen and oxygen atoms in total. The van der Waals surface area contributed by atoms with Gasteiger partial charge in [0.05, 0.1) is 13.2 Å². The van der Waals surface area contributed by atoms with Crippen molar-refractivity contribution in [3.63, 3.8) is 0 Å². The number of esters is 1. The molecule has 0 bridgehead atoms. The van der Waals surface area contributed by atoms with E-state index >= 15 is 0 Å². The maximum atomic E-state index is 12.8. The maximum Gasteiger partial charge on any atom is 0.472 e. The number of ether oxygens (including phenoxy) is 2. The highest BCUT2D eigenvalue weighted by Gasteiger charge is 2.51. The topological polar surface area (TPSA) is 192 Å². The minimum Gasteiger partial charge on any atom is -0.457 e. The van der Waals surface area contributed by atoms with Gasteiger partial charge in [-0.25, -0.2) is 4.57 Å². The SMILES string of the molecule is CCC/C=C\C/C=C\CCCCCCCC(=O)OC(COCCCCCCCCCC/C=C\C/C=C\CCCCCC)COP(=O)(O)OC1C(O)C(O)C(O)C(O)C1O. The Balaban J connectivity index is 2.39. The van der Waals surface area contributed by atoms with Crippen molar-refractivity contribution >= 4 is 13.8 Å². The van der Waals surface area contributed by atoms with Crippen LogP contribution in [0.3, 0.4) is 0 Å². The van der Waals surface area contributed by atoms with Crippen LogP contribution in [-0.4, -0.2) is 98.9 Å². The molecule has 0 saturated heterocycles. The normalized spacial score (nSPS) is 22.9. The van der Waals surface area contributed by atoms with Crippen LogP contribution in [0.5, 0.6) is 0 Å². The Kier molecular flexibility index (Phi) is 34.6. The number of phosphoric acid groups is 1. The number of aliphatic hydroxyl groups is 5. The summed E-state index contributed by atoms with van der Waals surface area (Å²) >= 11 is 0. The molecule has 0 heterocycles. The van der Waals surface area contributed by atoms with Gasteiger partial charge in [-0.3, -0.25) is 13.8 Å². The summed E-state index contributed by atoms with van der Waals surface area (Å²) in [5, 5.41) is 50.1. The van der Waals surface area contributed by atoms with Gasteiger partial charge in [0.15, 0.2) is 0 Å². The van der Waals surface area contributed by atoms with Crippen molar-refractivity contribution in [1.29, 1.82) is 0 Å². The number of hydrogen-bond donors (Lipinski definition) is 6. The molecule has 0 spiro atoms. The molecule has 1 aliphatic carbocycles. The quantitative estimate of drug-likeness (QED) is 0.0150. The Bertz CT molecular complexity index is 1160. The molecule has 0 aromatic heterocycles. The molecular weight excluding hydrogens is 775 g/mol. The number of allylic oxidation sites excluding steroid dienone is 8. The minimum atomic E-state index is -5.02. The van der Waals surface area contributed by atoms with Crippen molar-refractivity contribution < 1.29 is 58.3 Å². The van der Waals surface area contributed by atoms with E-state index < -0.39 is 63.1 Å².